The van der Waals surface area contributed by atoms with Gasteiger partial charge in [-0.15, -0.1) is 0 Å². The maximum absolute atomic E-state index is 11.8. The van der Waals surface area contributed by atoms with Gasteiger partial charge in [0.2, 0.25) is 5.91 Å². The van der Waals surface area contributed by atoms with Crippen molar-refractivity contribution in [1.29, 1.82) is 5.26 Å². The number of nitriles is 1. The fourth-order valence-electron chi connectivity index (χ4n) is 2.52. The van der Waals surface area contributed by atoms with Gasteiger partial charge in [-0.3, -0.25) is 4.79 Å². The minimum atomic E-state index is 0.0831. The van der Waals surface area contributed by atoms with Crippen LogP contribution in [0.3, 0.4) is 0 Å². The van der Waals surface area contributed by atoms with Crippen molar-refractivity contribution in [1.82, 2.24) is 10.6 Å². The van der Waals surface area contributed by atoms with Crippen molar-refractivity contribution in [2.45, 2.75) is 44.7 Å². The highest BCUT2D eigenvalue weighted by atomic mass is 16.1. The zero-order valence-corrected chi connectivity index (χ0v) is 11.7. The van der Waals surface area contributed by atoms with Crippen LogP contribution in [0.2, 0.25) is 0 Å². The van der Waals surface area contributed by atoms with Crippen molar-refractivity contribution in [3.05, 3.63) is 35.4 Å². The van der Waals surface area contributed by atoms with Crippen LogP contribution in [0, 0.1) is 11.3 Å². The van der Waals surface area contributed by atoms with Gasteiger partial charge >= 0.3 is 0 Å². The highest BCUT2D eigenvalue weighted by Crippen LogP contribution is 2.11. The summed E-state index contributed by atoms with van der Waals surface area (Å²) in [5, 5.41) is 15.2. The first-order valence-corrected chi connectivity index (χ1v) is 7.27. The van der Waals surface area contributed by atoms with E-state index < -0.39 is 0 Å². The normalized spacial score (nSPS) is 18.2. The molecule has 0 radical (unpaired) electrons. The van der Waals surface area contributed by atoms with Crippen LogP contribution in [0.5, 0.6) is 0 Å². The molecule has 1 aliphatic rings. The molecule has 1 heterocycles. The first-order valence-electron chi connectivity index (χ1n) is 7.27. The van der Waals surface area contributed by atoms with Crippen molar-refractivity contribution in [2.75, 3.05) is 6.54 Å². The first-order chi connectivity index (χ1) is 9.78. The van der Waals surface area contributed by atoms with Gasteiger partial charge in [0.15, 0.2) is 0 Å². The molecule has 20 heavy (non-hydrogen) atoms. The summed E-state index contributed by atoms with van der Waals surface area (Å²) in [5.74, 6) is 0.0831. The van der Waals surface area contributed by atoms with E-state index in [0.717, 1.165) is 18.5 Å². The Labute approximate surface area is 120 Å². The van der Waals surface area contributed by atoms with E-state index in [1.54, 1.807) is 6.07 Å². The molecule has 1 saturated heterocycles. The number of piperidine rings is 1. The van der Waals surface area contributed by atoms with E-state index in [4.69, 9.17) is 5.26 Å². The predicted molar refractivity (Wildman–Crippen MR) is 77.9 cm³/mol. The van der Waals surface area contributed by atoms with Gasteiger partial charge in [-0.25, -0.2) is 0 Å². The third-order valence-corrected chi connectivity index (χ3v) is 3.68. The summed E-state index contributed by atoms with van der Waals surface area (Å²) >= 11 is 0. The van der Waals surface area contributed by atoms with E-state index in [1.165, 1.54) is 19.3 Å². The molecule has 1 aliphatic heterocycles. The molecular weight excluding hydrogens is 250 g/mol. The van der Waals surface area contributed by atoms with Crippen molar-refractivity contribution < 1.29 is 4.79 Å². The maximum Gasteiger partial charge on any atom is 0.220 e. The van der Waals surface area contributed by atoms with Crippen LogP contribution in [-0.2, 0) is 11.3 Å². The van der Waals surface area contributed by atoms with Crippen LogP contribution in [0.25, 0.3) is 0 Å². The molecule has 2 N–H and O–H groups in total. The van der Waals surface area contributed by atoms with Gasteiger partial charge < -0.3 is 10.6 Å². The standard InChI is InChI=1S/C16H21N3O/c17-11-13-4-3-5-14(10-13)12-19-16(20)8-7-15-6-1-2-9-18-15/h3-5,10,15,18H,1-2,6-9,12H2,(H,19,20). The molecule has 1 amide bonds. The van der Waals surface area contributed by atoms with Crippen molar-refractivity contribution in [3.63, 3.8) is 0 Å². The Hall–Kier alpha value is -1.86. The van der Waals surface area contributed by atoms with Gasteiger partial charge in [0.05, 0.1) is 11.6 Å². The third-order valence-electron chi connectivity index (χ3n) is 3.68. The second kappa shape index (κ2) is 7.66. The zero-order valence-electron chi connectivity index (χ0n) is 11.7. The minimum Gasteiger partial charge on any atom is -0.352 e. The molecule has 4 heteroatoms. The molecule has 106 valence electrons. The Kier molecular flexibility index (Phi) is 5.57. The Morgan fingerprint density at radius 3 is 3.10 bits per heavy atom. The smallest absolute Gasteiger partial charge is 0.220 e. The summed E-state index contributed by atoms with van der Waals surface area (Å²) in [7, 11) is 0. The number of carbonyl (C=O) groups is 1. The lowest BCUT2D eigenvalue weighted by Crippen LogP contribution is -2.35. The molecule has 1 unspecified atom stereocenters. The topological polar surface area (TPSA) is 64.9 Å². The minimum absolute atomic E-state index is 0.0831. The van der Waals surface area contributed by atoms with E-state index >= 15 is 0 Å². The van der Waals surface area contributed by atoms with Crippen LogP contribution < -0.4 is 10.6 Å². The fraction of sp³-hybridized carbons (Fsp3) is 0.500. The molecule has 1 aromatic rings. The van der Waals surface area contributed by atoms with E-state index in [1.807, 2.05) is 18.2 Å². The SMILES string of the molecule is N#Cc1cccc(CNC(=O)CCC2CCCCN2)c1. The predicted octanol–water partition coefficient (Wildman–Crippen LogP) is 2.10. The van der Waals surface area contributed by atoms with E-state index in [0.29, 0.717) is 24.6 Å². The van der Waals surface area contributed by atoms with Gasteiger partial charge in [0.1, 0.15) is 0 Å². The lowest BCUT2D eigenvalue weighted by atomic mass is 10.0. The van der Waals surface area contributed by atoms with E-state index in [2.05, 4.69) is 16.7 Å². The van der Waals surface area contributed by atoms with Crippen LogP contribution in [0.15, 0.2) is 24.3 Å². The highest BCUT2D eigenvalue weighted by Gasteiger charge is 2.13. The van der Waals surface area contributed by atoms with Gasteiger partial charge in [0, 0.05) is 19.0 Å². The van der Waals surface area contributed by atoms with Crippen LogP contribution in [-0.4, -0.2) is 18.5 Å². The monoisotopic (exact) mass is 271 g/mol. The van der Waals surface area contributed by atoms with Gasteiger partial charge in [0.25, 0.3) is 0 Å². The number of carbonyl (C=O) groups excluding carboxylic acids is 1. The third kappa shape index (κ3) is 4.67. The number of hydrogen-bond donors (Lipinski definition) is 2. The number of nitrogens with one attached hydrogen (secondary N) is 2. The van der Waals surface area contributed by atoms with Crippen LogP contribution >= 0.6 is 0 Å². The molecular formula is C16H21N3O. The number of hydrogen-bond acceptors (Lipinski definition) is 3. The fourth-order valence-corrected chi connectivity index (χ4v) is 2.52. The number of rotatable bonds is 5. The molecule has 0 aromatic heterocycles. The Morgan fingerprint density at radius 2 is 2.35 bits per heavy atom. The van der Waals surface area contributed by atoms with Crippen molar-refractivity contribution >= 4 is 5.91 Å². The van der Waals surface area contributed by atoms with Gasteiger partial charge in [-0.05, 0) is 43.5 Å². The van der Waals surface area contributed by atoms with Gasteiger partial charge in [-0.2, -0.15) is 5.26 Å². The number of amides is 1. The Balaban J connectivity index is 1.70. The molecule has 0 saturated carbocycles. The maximum atomic E-state index is 11.8. The zero-order chi connectivity index (χ0) is 14.2. The lowest BCUT2D eigenvalue weighted by Gasteiger charge is -2.23. The Bertz CT molecular complexity index is 487. The summed E-state index contributed by atoms with van der Waals surface area (Å²) in [6.45, 7) is 1.57. The lowest BCUT2D eigenvalue weighted by molar-refractivity contribution is -0.121. The first kappa shape index (κ1) is 14.5. The summed E-state index contributed by atoms with van der Waals surface area (Å²) in [6, 6.07) is 9.93. The van der Waals surface area contributed by atoms with Crippen LogP contribution in [0.1, 0.15) is 43.2 Å². The second-order valence-corrected chi connectivity index (χ2v) is 5.27. The molecule has 1 aromatic carbocycles. The molecule has 0 bridgehead atoms. The molecule has 1 fully saturated rings. The van der Waals surface area contributed by atoms with Gasteiger partial charge in [-0.1, -0.05) is 18.6 Å². The average molecular weight is 271 g/mol. The summed E-state index contributed by atoms with van der Waals surface area (Å²) < 4.78 is 0. The molecule has 4 nitrogen and oxygen atoms in total. The largest absolute Gasteiger partial charge is 0.352 e. The van der Waals surface area contributed by atoms with Crippen LogP contribution in [0.4, 0.5) is 0 Å². The van der Waals surface area contributed by atoms with Crippen molar-refractivity contribution in [3.8, 4) is 6.07 Å². The van der Waals surface area contributed by atoms with Crippen molar-refractivity contribution in [2.24, 2.45) is 0 Å². The summed E-state index contributed by atoms with van der Waals surface area (Å²) in [4.78, 5) is 11.8. The molecule has 1 atom stereocenters. The molecule has 2 rings (SSSR count). The number of nitrogens with zero attached hydrogens (tertiary/aromatic N) is 1. The highest BCUT2D eigenvalue weighted by molar-refractivity contribution is 5.75. The number of benzene rings is 1. The molecule has 0 spiro atoms. The van der Waals surface area contributed by atoms with E-state index in [9.17, 15) is 4.79 Å². The quantitative estimate of drug-likeness (QED) is 0.862. The Morgan fingerprint density at radius 1 is 1.45 bits per heavy atom. The average Bonchev–Trinajstić information content (AvgIpc) is 2.52. The van der Waals surface area contributed by atoms with E-state index in [-0.39, 0.29) is 5.91 Å². The second-order valence-electron chi connectivity index (χ2n) is 5.27. The molecule has 0 aliphatic carbocycles. The summed E-state index contributed by atoms with van der Waals surface area (Å²) in [5.41, 5.74) is 1.59. The summed E-state index contributed by atoms with van der Waals surface area (Å²) in [6.07, 6.45) is 5.16.